The van der Waals surface area contributed by atoms with Gasteiger partial charge in [0.05, 0.1) is 6.10 Å². The van der Waals surface area contributed by atoms with Crippen molar-refractivity contribution in [3.05, 3.63) is 29.8 Å². The predicted octanol–water partition coefficient (Wildman–Crippen LogP) is 6.68. The van der Waals surface area contributed by atoms with E-state index in [2.05, 4.69) is 18.8 Å². The van der Waals surface area contributed by atoms with Crippen molar-refractivity contribution in [3.63, 3.8) is 0 Å². The minimum atomic E-state index is -9.60. The molecular weight excluding hydrogens is 347 g/mol. The molecule has 2 rings (SSSR count). The Labute approximate surface area is 139 Å². The average Bonchev–Trinajstić information content (AvgIpc) is 2.50. The van der Waals surface area contributed by atoms with E-state index in [-0.39, 0.29) is 12.0 Å². The zero-order valence-electron chi connectivity index (χ0n) is 13.4. The normalized spacial score (nSPS) is 24.4. The van der Waals surface area contributed by atoms with Gasteiger partial charge in [-0.25, -0.2) is 0 Å². The van der Waals surface area contributed by atoms with Crippen LogP contribution in [-0.4, -0.2) is 12.7 Å². The number of hydrogen-bond acceptors (Lipinski definition) is 1. The Kier molecular flexibility index (Phi) is 4.95. The van der Waals surface area contributed by atoms with Gasteiger partial charge in [-0.05, 0) is 56.4 Å². The summed E-state index contributed by atoms with van der Waals surface area (Å²) >= 11 is 0. The van der Waals surface area contributed by atoms with Crippen molar-refractivity contribution in [2.75, 3.05) is 6.61 Å². The molecular formula is C17H21F5OS. The molecule has 0 aliphatic heterocycles. The van der Waals surface area contributed by atoms with Crippen LogP contribution in [0.1, 0.15) is 44.6 Å². The minimum absolute atomic E-state index is 0.168. The van der Waals surface area contributed by atoms with Crippen molar-refractivity contribution in [1.29, 1.82) is 0 Å². The maximum atomic E-state index is 12.6. The standard InChI is InChI=1S/C17H21F5OS/c1-2-13-23-16-9-5-14(6-10-16)3-4-15-7-11-17(12-8-15)24(18,19,20,21)22/h7-8,11-12,14,16H,2,5-6,9-10,13H2,1H3/t14-,16-. The zero-order chi connectivity index (χ0) is 17.9. The van der Waals surface area contributed by atoms with Crippen LogP contribution in [0, 0.1) is 17.8 Å². The molecule has 1 fully saturated rings. The van der Waals surface area contributed by atoms with Gasteiger partial charge in [-0.15, -0.1) is 0 Å². The summed E-state index contributed by atoms with van der Waals surface area (Å²) in [6, 6.07) is 2.80. The smallest absolute Gasteiger partial charge is 0.310 e. The lowest BCUT2D eigenvalue weighted by atomic mass is 9.87. The van der Waals surface area contributed by atoms with Gasteiger partial charge < -0.3 is 4.74 Å². The number of halogens is 5. The molecule has 0 saturated heterocycles. The lowest BCUT2D eigenvalue weighted by molar-refractivity contribution is 0.0234. The van der Waals surface area contributed by atoms with Gasteiger partial charge in [-0.1, -0.05) is 38.2 Å². The summed E-state index contributed by atoms with van der Waals surface area (Å²) in [5.41, 5.74) is 0.310. The maximum Gasteiger partial charge on any atom is 0.310 e. The number of rotatable bonds is 4. The van der Waals surface area contributed by atoms with E-state index in [0.29, 0.717) is 17.7 Å². The van der Waals surface area contributed by atoms with Gasteiger partial charge in [-0.2, -0.15) is 0 Å². The SMILES string of the molecule is CCCO[C@H]1CC[C@H](C#Cc2ccc(S(F)(F)(F)(F)F)cc2)CC1. The van der Waals surface area contributed by atoms with Crippen LogP contribution in [0.3, 0.4) is 0 Å². The second kappa shape index (κ2) is 6.23. The third kappa shape index (κ3) is 5.67. The number of hydrogen-bond donors (Lipinski definition) is 0. The molecule has 1 aliphatic rings. The summed E-state index contributed by atoms with van der Waals surface area (Å²) in [4.78, 5) is -1.88. The molecule has 1 nitrogen and oxygen atoms in total. The van der Waals surface area contributed by atoms with Gasteiger partial charge in [-0.3, -0.25) is 0 Å². The highest BCUT2D eigenvalue weighted by Gasteiger charge is 2.65. The van der Waals surface area contributed by atoms with Crippen molar-refractivity contribution in [1.82, 2.24) is 0 Å². The van der Waals surface area contributed by atoms with Gasteiger partial charge in [0, 0.05) is 18.1 Å². The summed E-state index contributed by atoms with van der Waals surface area (Å²) in [6.07, 6.45) is 4.84. The first-order chi connectivity index (χ1) is 11.0. The summed E-state index contributed by atoms with van der Waals surface area (Å²) < 4.78 is 68.9. The van der Waals surface area contributed by atoms with Crippen molar-refractivity contribution in [3.8, 4) is 11.8 Å². The van der Waals surface area contributed by atoms with Crippen molar-refractivity contribution < 1.29 is 24.2 Å². The molecule has 1 aliphatic carbocycles. The van der Waals surface area contributed by atoms with E-state index in [0.717, 1.165) is 50.8 Å². The molecule has 24 heavy (non-hydrogen) atoms. The zero-order valence-corrected chi connectivity index (χ0v) is 14.2. The first-order valence-corrected chi connectivity index (χ1v) is 9.90. The maximum absolute atomic E-state index is 12.6. The Morgan fingerprint density at radius 3 is 2.08 bits per heavy atom. The summed E-state index contributed by atoms with van der Waals surface area (Å²) in [7, 11) is -9.60. The first-order valence-electron chi connectivity index (χ1n) is 7.95. The summed E-state index contributed by atoms with van der Waals surface area (Å²) in [6.45, 7) is 2.80. The van der Waals surface area contributed by atoms with Gasteiger partial charge in [0.25, 0.3) is 0 Å². The highest BCUT2D eigenvalue weighted by Crippen LogP contribution is 3.02. The fourth-order valence-electron chi connectivity index (χ4n) is 2.64. The average molecular weight is 368 g/mol. The fraction of sp³-hybridized carbons (Fsp3) is 0.529. The number of ether oxygens (including phenoxy) is 1. The molecule has 0 bridgehead atoms. The molecule has 7 heteroatoms. The first kappa shape index (κ1) is 19.1. The van der Waals surface area contributed by atoms with Crippen molar-refractivity contribution in [2.45, 2.75) is 50.0 Å². The van der Waals surface area contributed by atoms with Crippen LogP contribution in [-0.2, 0) is 4.74 Å². The Morgan fingerprint density at radius 1 is 1.00 bits per heavy atom. The van der Waals surface area contributed by atoms with E-state index in [1.165, 1.54) is 0 Å². The van der Waals surface area contributed by atoms with E-state index in [1.807, 2.05) is 0 Å². The van der Waals surface area contributed by atoms with E-state index < -0.39 is 15.1 Å². The predicted molar refractivity (Wildman–Crippen MR) is 86.7 cm³/mol. The Hall–Kier alpha value is -1.26. The molecule has 0 unspecified atom stereocenters. The van der Waals surface area contributed by atoms with Crippen LogP contribution in [0.25, 0.3) is 0 Å². The monoisotopic (exact) mass is 368 g/mol. The largest absolute Gasteiger partial charge is 0.378 e. The van der Waals surface area contributed by atoms with E-state index in [9.17, 15) is 19.4 Å². The molecule has 136 valence electrons. The van der Waals surface area contributed by atoms with Crippen molar-refractivity contribution >= 4 is 10.2 Å². The molecule has 0 amide bonds. The summed E-state index contributed by atoms with van der Waals surface area (Å²) in [5, 5.41) is 0. The van der Waals surface area contributed by atoms with Crippen LogP contribution >= 0.6 is 10.2 Å². The van der Waals surface area contributed by atoms with E-state index in [4.69, 9.17) is 4.74 Å². The van der Waals surface area contributed by atoms with Crippen LogP contribution < -0.4 is 0 Å². The molecule has 0 atom stereocenters. The van der Waals surface area contributed by atoms with Gasteiger partial charge in [0.15, 0.2) is 0 Å². The van der Waals surface area contributed by atoms with Gasteiger partial charge in [0.1, 0.15) is 4.90 Å². The third-order valence-electron chi connectivity index (χ3n) is 3.95. The Morgan fingerprint density at radius 2 is 1.58 bits per heavy atom. The Bertz CT molecular complexity index is 619. The minimum Gasteiger partial charge on any atom is -0.378 e. The molecule has 0 spiro atoms. The molecule has 0 aromatic heterocycles. The molecule has 0 radical (unpaired) electrons. The molecule has 1 aromatic rings. The highest BCUT2D eigenvalue weighted by molar-refractivity contribution is 8.45. The lowest BCUT2D eigenvalue weighted by Gasteiger charge is -2.40. The summed E-state index contributed by atoms with van der Waals surface area (Å²) in [5.74, 6) is 5.98. The van der Waals surface area contributed by atoms with Crippen LogP contribution in [0.5, 0.6) is 0 Å². The quantitative estimate of drug-likeness (QED) is 0.425. The second-order valence-electron chi connectivity index (χ2n) is 6.11. The lowest BCUT2D eigenvalue weighted by Crippen LogP contribution is -2.21. The second-order valence-corrected chi connectivity index (χ2v) is 8.52. The number of benzene rings is 1. The van der Waals surface area contributed by atoms with Crippen LogP contribution in [0.4, 0.5) is 19.4 Å². The highest BCUT2D eigenvalue weighted by atomic mass is 32.5. The van der Waals surface area contributed by atoms with Crippen LogP contribution in [0.2, 0.25) is 0 Å². The Balaban J connectivity index is 1.96. The third-order valence-corrected chi connectivity index (χ3v) is 5.12. The van der Waals surface area contributed by atoms with E-state index >= 15 is 0 Å². The van der Waals surface area contributed by atoms with Gasteiger partial charge >= 0.3 is 10.2 Å². The molecule has 0 N–H and O–H groups in total. The molecule has 1 aromatic carbocycles. The topological polar surface area (TPSA) is 9.23 Å². The molecule has 0 heterocycles. The van der Waals surface area contributed by atoms with E-state index in [1.54, 1.807) is 0 Å². The fourth-order valence-corrected chi connectivity index (χ4v) is 3.29. The van der Waals surface area contributed by atoms with Crippen LogP contribution in [0.15, 0.2) is 29.2 Å². The molecule has 1 saturated carbocycles. The van der Waals surface area contributed by atoms with Crippen molar-refractivity contribution in [2.24, 2.45) is 5.92 Å². The van der Waals surface area contributed by atoms with Gasteiger partial charge in [0.2, 0.25) is 0 Å².